The van der Waals surface area contributed by atoms with Crippen LogP contribution < -0.4 is 11.1 Å². The third-order valence-corrected chi connectivity index (χ3v) is 5.10. The fourth-order valence-corrected chi connectivity index (χ4v) is 3.24. The quantitative estimate of drug-likeness (QED) is 0.716. The van der Waals surface area contributed by atoms with Crippen molar-refractivity contribution in [1.82, 2.24) is 5.32 Å². The smallest absolute Gasteiger partial charge is 0.335 e. The minimum atomic E-state index is -4.15. The number of carbonyl (C=O) groups is 3. The first kappa shape index (κ1) is 16.6. The molecule has 0 spiro atoms. The number of nitrogens with one attached hydrogen (secondary N) is 1. The molecule has 1 rings (SSSR count). The summed E-state index contributed by atoms with van der Waals surface area (Å²) in [5.74, 6) is -2.36. The lowest BCUT2D eigenvalue weighted by atomic mass is 10.1. The highest BCUT2D eigenvalue weighted by molar-refractivity contribution is 7.92. The number of rotatable bonds is 4. The van der Waals surface area contributed by atoms with E-state index in [1.54, 1.807) is 5.32 Å². The van der Waals surface area contributed by atoms with E-state index in [2.05, 4.69) is 0 Å². The summed E-state index contributed by atoms with van der Waals surface area (Å²) < 4.78 is 24.7. The number of sulfone groups is 1. The van der Waals surface area contributed by atoms with Crippen LogP contribution in [0.3, 0.4) is 0 Å². The van der Waals surface area contributed by atoms with Crippen LogP contribution in [0.15, 0.2) is 23.1 Å². The summed E-state index contributed by atoms with van der Waals surface area (Å²) in [5.41, 5.74) is 4.60. The number of amides is 3. The van der Waals surface area contributed by atoms with Crippen molar-refractivity contribution >= 4 is 27.7 Å². The molecule has 0 aliphatic carbocycles. The van der Waals surface area contributed by atoms with Crippen molar-refractivity contribution in [1.29, 1.82) is 0 Å². The number of carboxylic acid groups (broad SMARTS) is 1. The summed E-state index contributed by atoms with van der Waals surface area (Å²) in [6.07, 6.45) is 0. The van der Waals surface area contributed by atoms with Crippen LogP contribution >= 0.6 is 0 Å². The Labute approximate surface area is 120 Å². The summed E-state index contributed by atoms with van der Waals surface area (Å²) in [6.45, 7) is 2.41. The summed E-state index contributed by atoms with van der Waals surface area (Å²) in [4.78, 5) is 32.9. The van der Waals surface area contributed by atoms with Gasteiger partial charge in [-0.3, -0.25) is 10.1 Å². The minimum absolute atomic E-state index is 0.0173. The van der Waals surface area contributed by atoms with Crippen molar-refractivity contribution < 1.29 is 27.9 Å². The lowest BCUT2D eigenvalue weighted by Crippen LogP contribution is -2.43. The number of nitrogens with two attached hydrogens (primary N) is 1. The Hall–Kier alpha value is -2.42. The fourth-order valence-electron chi connectivity index (χ4n) is 1.71. The topological polar surface area (TPSA) is 144 Å². The molecule has 0 radical (unpaired) electrons. The van der Waals surface area contributed by atoms with E-state index in [9.17, 15) is 22.8 Å². The molecule has 21 heavy (non-hydrogen) atoms. The second-order valence-electron chi connectivity index (χ2n) is 4.27. The van der Waals surface area contributed by atoms with Crippen molar-refractivity contribution in [3.05, 3.63) is 29.3 Å². The highest BCUT2D eigenvalue weighted by Gasteiger charge is 2.32. The number of hydrogen-bond donors (Lipinski definition) is 3. The van der Waals surface area contributed by atoms with Gasteiger partial charge in [-0.05, 0) is 31.5 Å². The number of carboxylic acids is 1. The van der Waals surface area contributed by atoms with E-state index in [0.717, 1.165) is 6.92 Å². The van der Waals surface area contributed by atoms with E-state index < -0.39 is 33.0 Å². The Kier molecular flexibility index (Phi) is 4.69. The van der Waals surface area contributed by atoms with Gasteiger partial charge in [-0.15, -0.1) is 0 Å². The van der Waals surface area contributed by atoms with Crippen LogP contribution in [0.1, 0.15) is 22.8 Å². The molecule has 0 saturated heterocycles. The van der Waals surface area contributed by atoms with Crippen LogP contribution in [-0.4, -0.2) is 36.7 Å². The molecule has 1 atom stereocenters. The van der Waals surface area contributed by atoms with E-state index in [1.165, 1.54) is 25.1 Å². The molecular weight excluding hydrogens is 300 g/mol. The van der Waals surface area contributed by atoms with Gasteiger partial charge in [0.15, 0.2) is 9.84 Å². The number of hydrogen-bond acceptors (Lipinski definition) is 5. The molecule has 1 aromatic carbocycles. The molecule has 0 aromatic heterocycles. The Morgan fingerprint density at radius 1 is 1.29 bits per heavy atom. The molecule has 0 aliphatic rings. The number of primary amides is 1. The van der Waals surface area contributed by atoms with Crippen LogP contribution in [0, 0.1) is 6.92 Å². The number of urea groups is 1. The largest absolute Gasteiger partial charge is 0.478 e. The second-order valence-corrected chi connectivity index (χ2v) is 6.51. The van der Waals surface area contributed by atoms with Crippen LogP contribution in [0.2, 0.25) is 0 Å². The molecule has 0 bridgehead atoms. The summed E-state index contributed by atoms with van der Waals surface area (Å²) in [5, 5.41) is 9.08. The maximum atomic E-state index is 12.3. The van der Waals surface area contributed by atoms with Crippen molar-refractivity contribution in [2.75, 3.05) is 0 Å². The summed E-state index contributed by atoms with van der Waals surface area (Å²) in [6, 6.07) is 2.55. The monoisotopic (exact) mass is 314 g/mol. The molecular formula is C12H14N2O6S. The van der Waals surface area contributed by atoms with E-state index in [4.69, 9.17) is 10.8 Å². The maximum absolute atomic E-state index is 12.3. The highest BCUT2D eigenvalue weighted by atomic mass is 32.2. The first-order valence-electron chi connectivity index (χ1n) is 5.76. The van der Waals surface area contributed by atoms with Gasteiger partial charge in [0.05, 0.1) is 10.5 Å². The van der Waals surface area contributed by atoms with Gasteiger partial charge in [-0.2, -0.15) is 0 Å². The Bertz CT molecular complexity index is 710. The van der Waals surface area contributed by atoms with Crippen LogP contribution in [0.5, 0.6) is 0 Å². The number of imide groups is 1. The van der Waals surface area contributed by atoms with E-state index in [-0.39, 0.29) is 16.0 Å². The van der Waals surface area contributed by atoms with Crippen LogP contribution in [0.4, 0.5) is 4.79 Å². The molecule has 0 heterocycles. The van der Waals surface area contributed by atoms with Crippen molar-refractivity contribution in [3.8, 4) is 0 Å². The molecule has 0 fully saturated rings. The fraction of sp³-hybridized carbons (Fsp3) is 0.250. The molecule has 1 unspecified atom stereocenters. The zero-order valence-corrected chi connectivity index (χ0v) is 12.1. The van der Waals surface area contributed by atoms with Gasteiger partial charge in [0.2, 0.25) is 5.91 Å². The summed E-state index contributed by atoms with van der Waals surface area (Å²) >= 11 is 0. The third kappa shape index (κ3) is 3.37. The van der Waals surface area contributed by atoms with E-state index in [1.807, 2.05) is 0 Å². The predicted octanol–water partition coefficient (Wildman–Crippen LogP) is 0.0503. The summed E-state index contributed by atoms with van der Waals surface area (Å²) in [7, 11) is -4.15. The van der Waals surface area contributed by atoms with E-state index in [0.29, 0.717) is 0 Å². The van der Waals surface area contributed by atoms with Gasteiger partial charge in [-0.25, -0.2) is 18.0 Å². The highest BCUT2D eigenvalue weighted by Crippen LogP contribution is 2.23. The van der Waals surface area contributed by atoms with Gasteiger partial charge in [0.1, 0.15) is 5.25 Å². The first-order chi connectivity index (χ1) is 9.59. The van der Waals surface area contributed by atoms with Crippen molar-refractivity contribution in [2.24, 2.45) is 5.73 Å². The maximum Gasteiger partial charge on any atom is 0.335 e. The zero-order chi connectivity index (χ0) is 16.4. The van der Waals surface area contributed by atoms with Gasteiger partial charge >= 0.3 is 12.0 Å². The molecule has 9 heteroatoms. The Morgan fingerprint density at radius 3 is 2.33 bits per heavy atom. The average molecular weight is 314 g/mol. The lowest BCUT2D eigenvalue weighted by Gasteiger charge is -2.14. The molecule has 0 saturated carbocycles. The van der Waals surface area contributed by atoms with Gasteiger partial charge in [-0.1, -0.05) is 6.07 Å². The van der Waals surface area contributed by atoms with Crippen LogP contribution in [0.25, 0.3) is 0 Å². The molecule has 8 nitrogen and oxygen atoms in total. The molecule has 4 N–H and O–H groups in total. The lowest BCUT2D eigenvalue weighted by molar-refractivity contribution is -0.119. The molecule has 0 aliphatic heterocycles. The van der Waals surface area contributed by atoms with Gasteiger partial charge < -0.3 is 10.8 Å². The molecule has 114 valence electrons. The Morgan fingerprint density at radius 2 is 1.86 bits per heavy atom. The SMILES string of the molecule is Cc1c(C(=O)O)cccc1S(=O)(=O)C(C)C(=O)NC(N)=O. The first-order valence-corrected chi connectivity index (χ1v) is 7.30. The standard InChI is InChI=1S/C12H14N2O6S/c1-6-8(11(16)17)4-3-5-9(6)21(19,20)7(2)10(15)14-12(13)18/h3-5,7H,1-2H3,(H,16,17)(H3,13,14,15,18). The number of benzene rings is 1. The average Bonchev–Trinajstić information content (AvgIpc) is 2.36. The normalized spacial score (nSPS) is 12.5. The van der Waals surface area contributed by atoms with E-state index >= 15 is 0 Å². The van der Waals surface area contributed by atoms with Crippen molar-refractivity contribution in [2.45, 2.75) is 24.0 Å². The van der Waals surface area contributed by atoms with Crippen molar-refractivity contribution in [3.63, 3.8) is 0 Å². The zero-order valence-electron chi connectivity index (χ0n) is 11.3. The number of carbonyl (C=O) groups excluding carboxylic acids is 2. The predicted molar refractivity (Wildman–Crippen MR) is 72.5 cm³/mol. The minimum Gasteiger partial charge on any atom is -0.478 e. The second kappa shape index (κ2) is 5.92. The third-order valence-electron chi connectivity index (χ3n) is 2.90. The van der Waals surface area contributed by atoms with Crippen LogP contribution in [-0.2, 0) is 14.6 Å². The van der Waals surface area contributed by atoms with Gasteiger partial charge in [0.25, 0.3) is 0 Å². The molecule has 1 aromatic rings. The number of aromatic carboxylic acids is 1. The molecule has 3 amide bonds. The Balaban J connectivity index is 3.32. The van der Waals surface area contributed by atoms with Gasteiger partial charge in [0, 0.05) is 0 Å².